The normalized spacial score (nSPS) is 16.4. The van der Waals surface area contributed by atoms with E-state index in [1.54, 1.807) is 12.2 Å². The van der Waals surface area contributed by atoms with E-state index in [0.717, 1.165) is 75.4 Å². The van der Waals surface area contributed by atoms with Crippen LogP contribution >= 0.6 is 15.6 Å². The van der Waals surface area contributed by atoms with Crippen LogP contribution in [0.3, 0.4) is 0 Å². The molecule has 0 spiro atoms. The molecule has 0 radical (unpaired) electrons. The van der Waals surface area contributed by atoms with Crippen LogP contribution in [0.4, 0.5) is 0 Å². The van der Waals surface area contributed by atoms with Gasteiger partial charge >= 0.3 is 15.6 Å². The van der Waals surface area contributed by atoms with Crippen molar-refractivity contribution in [1.82, 2.24) is 0 Å². The Labute approximate surface area is 268 Å². The van der Waals surface area contributed by atoms with Gasteiger partial charge in [0.05, 0.1) is 13.2 Å². The lowest BCUT2D eigenvalue weighted by Crippen LogP contribution is -1.98. The SMILES string of the molecule is CC(C)=CCCC(C)=CCCC(C)=CCCC(C)=CCOP(=O)(O)OP(=O)(O)OCC=C(C)CCC=C(C)CCC=C(C)C. The van der Waals surface area contributed by atoms with Crippen LogP contribution < -0.4 is 0 Å². The number of allylic oxidation sites excluding steroid dienone is 12. The summed E-state index contributed by atoms with van der Waals surface area (Å²) < 4.78 is 38.5. The van der Waals surface area contributed by atoms with Crippen molar-refractivity contribution in [3.05, 3.63) is 81.5 Å². The summed E-state index contributed by atoms with van der Waals surface area (Å²) in [6.45, 7) is 18.2. The Morgan fingerprint density at radius 2 is 0.705 bits per heavy atom. The predicted octanol–water partition coefficient (Wildman–Crippen LogP) is 11.8. The van der Waals surface area contributed by atoms with Crippen LogP contribution in [-0.4, -0.2) is 23.0 Å². The minimum Gasteiger partial charge on any atom is -0.302 e. The van der Waals surface area contributed by atoms with Crippen LogP contribution in [0.2, 0.25) is 0 Å². The second kappa shape index (κ2) is 23.7. The first kappa shape index (κ1) is 42.4. The van der Waals surface area contributed by atoms with Gasteiger partial charge in [0, 0.05) is 0 Å². The van der Waals surface area contributed by atoms with Crippen LogP contribution in [-0.2, 0) is 22.5 Å². The Balaban J connectivity index is 4.45. The highest BCUT2D eigenvalue weighted by molar-refractivity contribution is 7.61. The molecule has 0 aliphatic heterocycles. The quantitative estimate of drug-likeness (QED) is 0.0834. The van der Waals surface area contributed by atoms with E-state index in [2.05, 4.69) is 83.2 Å². The molecule has 7 nitrogen and oxygen atoms in total. The maximum absolute atomic E-state index is 12.2. The van der Waals surface area contributed by atoms with Gasteiger partial charge in [0.1, 0.15) is 0 Å². The molecule has 252 valence electrons. The second-order valence-corrected chi connectivity index (χ2v) is 15.2. The zero-order chi connectivity index (χ0) is 33.6. The Kier molecular flexibility index (Phi) is 22.9. The fourth-order valence-corrected chi connectivity index (χ4v) is 6.00. The molecule has 2 atom stereocenters. The zero-order valence-electron chi connectivity index (χ0n) is 28.9. The van der Waals surface area contributed by atoms with E-state index in [-0.39, 0.29) is 13.2 Å². The Morgan fingerprint density at radius 1 is 0.455 bits per heavy atom. The van der Waals surface area contributed by atoms with Crippen molar-refractivity contribution in [2.75, 3.05) is 13.2 Å². The molecule has 0 saturated carbocycles. The van der Waals surface area contributed by atoms with E-state index < -0.39 is 15.6 Å². The molecule has 2 unspecified atom stereocenters. The second-order valence-electron chi connectivity index (χ2n) is 12.1. The topological polar surface area (TPSA) is 102 Å². The summed E-state index contributed by atoms with van der Waals surface area (Å²) in [4.78, 5) is 19.8. The van der Waals surface area contributed by atoms with Gasteiger partial charge in [-0.05, 0) is 127 Å². The molecule has 0 heterocycles. The third kappa shape index (κ3) is 26.8. The summed E-state index contributed by atoms with van der Waals surface area (Å²) >= 11 is 0. The van der Waals surface area contributed by atoms with Gasteiger partial charge in [0.2, 0.25) is 0 Å². The summed E-state index contributed by atoms with van der Waals surface area (Å²) in [7, 11) is -9.58. The third-order valence-corrected chi connectivity index (χ3v) is 9.42. The molecule has 0 rings (SSSR count). The fourth-order valence-electron chi connectivity index (χ4n) is 4.05. The van der Waals surface area contributed by atoms with Crippen molar-refractivity contribution in [3.63, 3.8) is 0 Å². The Bertz CT molecular complexity index is 1160. The molecular weight excluding hydrogens is 594 g/mol. The lowest BCUT2D eigenvalue weighted by atomic mass is 10.0. The molecule has 9 heteroatoms. The maximum atomic E-state index is 12.2. The predicted molar refractivity (Wildman–Crippen MR) is 186 cm³/mol. The van der Waals surface area contributed by atoms with Gasteiger partial charge in [-0.2, -0.15) is 4.31 Å². The first-order valence-electron chi connectivity index (χ1n) is 15.7. The van der Waals surface area contributed by atoms with Gasteiger partial charge in [-0.1, -0.05) is 81.5 Å². The molecule has 0 bridgehead atoms. The van der Waals surface area contributed by atoms with Gasteiger partial charge in [0.25, 0.3) is 0 Å². The minimum absolute atomic E-state index is 0.221. The molecule has 2 N–H and O–H groups in total. The lowest BCUT2D eigenvalue weighted by Gasteiger charge is -2.15. The summed E-state index contributed by atoms with van der Waals surface area (Å²) in [5.74, 6) is 0. The Hall–Kier alpha value is -1.56. The first-order valence-corrected chi connectivity index (χ1v) is 18.7. The minimum atomic E-state index is -4.79. The molecule has 0 aromatic carbocycles. The molecular formula is C35H60O7P2. The van der Waals surface area contributed by atoms with E-state index in [9.17, 15) is 18.9 Å². The van der Waals surface area contributed by atoms with Crippen LogP contribution in [0.15, 0.2) is 81.5 Å². The molecule has 0 aromatic rings. The summed E-state index contributed by atoms with van der Waals surface area (Å²) in [6.07, 6.45) is 24.1. The summed E-state index contributed by atoms with van der Waals surface area (Å²) in [5.41, 5.74) is 8.71. The monoisotopic (exact) mass is 654 g/mol. The van der Waals surface area contributed by atoms with Crippen molar-refractivity contribution in [1.29, 1.82) is 0 Å². The van der Waals surface area contributed by atoms with Crippen molar-refractivity contribution in [2.45, 2.75) is 127 Å². The van der Waals surface area contributed by atoms with Gasteiger partial charge in [-0.3, -0.25) is 9.05 Å². The summed E-state index contributed by atoms with van der Waals surface area (Å²) in [5, 5.41) is 0. The number of phosphoric acid groups is 2. The standard InChI is InChI=1S/C35H60O7P2/c1-29(2)15-10-17-31(5)19-12-20-33(7)22-14-24-35(9)26-28-41-44(38,39)42-43(36,37)40-27-25-34(8)23-13-21-32(6)18-11-16-30(3)4/h15-16,19,21-22,25-26H,10-14,17-18,20,23-24,27-28H2,1-9H3,(H,36,37)(H,38,39). The number of hydrogen-bond donors (Lipinski definition) is 2. The molecule has 0 fully saturated rings. The third-order valence-electron chi connectivity index (χ3n) is 6.82. The molecule has 0 aliphatic carbocycles. The van der Waals surface area contributed by atoms with Gasteiger partial charge in [0.15, 0.2) is 0 Å². The zero-order valence-corrected chi connectivity index (χ0v) is 30.6. The molecule has 0 saturated heterocycles. The number of rotatable bonds is 23. The highest BCUT2D eigenvalue weighted by atomic mass is 31.3. The van der Waals surface area contributed by atoms with E-state index in [0.29, 0.717) is 0 Å². The van der Waals surface area contributed by atoms with Crippen LogP contribution in [0.5, 0.6) is 0 Å². The van der Waals surface area contributed by atoms with E-state index in [1.165, 1.54) is 27.9 Å². The average Bonchev–Trinajstić information content (AvgIpc) is 2.87. The van der Waals surface area contributed by atoms with Crippen molar-refractivity contribution in [3.8, 4) is 0 Å². The van der Waals surface area contributed by atoms with Gasteiger partial charge in [-0.25, -0.2) is 9.13 Å². The van der Waals surface area contributed by atoms with Gasteiger partial charge < -0.3 is 9.79 Å². The molecule has 0 amide bonds. The first-order chi connectivity index (χ1) is 20.5. The molecule has 44 heavy (non-hydrogen) atoms. The van der Waals surface area contributed by atoms with Crippen LogP contribution in [0.25, 0.3) is 0 Å². The highest BCUT2D eigenvalue weighted by Gasteiger charge is 2.34. The van der Waals surface area contributed by atoms with E-state index in [1.807, 2.05) is 13.8 Å². The fraction of sp³-hybridized carbons (Fsp3) is 0.600. The maximum Gasteiger partial charge on any atom is 0.481 e. The van der Waals surface area contributed by atoms with Crippen LogP contribution in [0, 0.1) is 0 Å². The molecule has 0 aromatic heterocycles. The highest BCUT2D eigenvalue weighted by Crippen LogP contribution is 2.60. The largest absolute Gasteiger partial charge is 0.481 e. The average molecular weight is 655 g/mol. The number of hydrogen-bond acceptors (Lipinski definition) is 5. The van der Waals surface area contributed by atoms with Crippen molar-refractivity contribution >= 4 is 15.6 Å². The van der Waals surface area contributed by atoms with E-state index >= 15 is 0 Å². The lowest BCUT2D eigenvalue weighted by molar-refractivity contribution is 0.170. The summed E-state index contributed by atoms with van der Waals surface area (Å²) in [6, 6.07) is 0. The number of phosphoric ester groups is 2. The van der Waals surface area contributed by atoms with Crippen molar-refractivity contribution in [2.24, 2.45) is 0 Å². The smallest absolute Gasteiger partial charge is 0.302 e. The van der Waals surface area contributed by atoms with Gasteiger partial charge in [-0.15, -0.1) is 0 Å². The van der Waals surface area contributed by atoms with Crippen LogP contribution in [0.1, 0.15) is 127 Å². The molecule has 0 aliphatic rings. The van der Waals surface area contributed by atoms with E-state index in [4.69, 9.17) is 9.05 Å². The van der Waals surface area contributed by atoms with Crippen molar-refractivity contribution < 1.29 is 32.3 Å². The Morgan fingerprint density at radius 3 is 0.977 bits per heavy atom.